The number of hydrogen-bond donors (Lipinski definition) is 3. The molecular formula is C25H29N5O3S. The molecule has 1 amide bonds. The zero-order valence-corrected chi connectivity index (χ0v) is 20.0. The van der Waals surface area contributed by atoms with Crippen molar-refractivity contribution in [2.75, 3.05) is 43.5 Å². The van der Waals surface area contributed by atoms with Gasteiger partial charge in [0.2, 0.25) is 0 Å². The van der Waals surface area contributed by atoms with Crippen LogP contribution in [0.2, 0.25) is 0 Å². The Morgan fingerprint density at radius 2 is 2.21 bits per heavy atom. The number of nitrogens with one attached hydrogen (secondary N) is 1. The van der Waals surface area contributed by atoms with E-state index in [1.807, 2.05) is 19.1 Å². The molecule has 5 heterocycles. The molecule has 2 aromatic heterocycles. The molecule has 8 nitrogen and oxygen atoms in total. The predicted octanol–water partition coefficient (Wildman–Crippen LogP) is 2.47. The molecule has 1 spiro atoms. The van der Waals surface area contributed by atoms with Crippen molar-refractivity contribution in [3.8, 4) is 5.75 Å². The monoisotopic (exact) mass is 479 g/mol. The molecule has 0 radical (unpaired) electrons. The second kappa shape index (κ2) is 8.11. The van der Waals surface area contributed by atoms with Gasteiger partial charge in [0, 0.05) is 54.0 Å². The van der Waals surface area contributed by atoms with Crippen molar-refractivity contribution in [2.24, 2.45) is 11.1 Å². The van der Waals surface area contributed by atoms with E-state index in [0.717, 1.165) is 65.6 Å². The van der Waals surface area contributed by atoms with Crippen molar-refractivity contribution < 1.29 is 14.3 Å². The average Bonchev–Trinajstić information content (AvgIpc) is 3.52. The fourth-order valence-electron chi connectivity index (χ4n) is 5.39. The summed E-state index contributed by atoms with van der Waals surface area (Å²) in [5.41, 5.74) is 16.4. The van der Waals surface area contributed by atoms with Crippen molar-refractivity contribution in [3.63, 3.8) is 0 Å². The molecule has 0 aliphatic carbocycles. The lowest BCUT2D eigenvalue weighted by Crippen LogP contribution is -2.42. The van der Waals surface area contributed by atoms with Gasteiger partial charge in [-0.05, 0) is 43.5 Å². The first-order valence-corrected chi connectivity index (χ1v) is 12.5. The van der Waals surface area contributed by atoms with Crippen LogP contribution in [-0.2, 0) is 11.2 Å². The first-order chi connectivity index (χ1) is 16.4. The van der Waals surface area contributed by atoms with Gasteiger partial charge in [0.25, 0.3) is 5.91 Å². The standard InChI is InChI=1S/C25H29N5O3S/c1-14-2-5-18-21(27)22(34-24(18)28-14)23(31)29-16-8-15-3-4-17(9-19(15)33-11-16)30-10-20(26)25(12-30)6-7-32-13-25/h2-5,9,16,20H,6-8,10-13,26-27H2,1H3,(H,29,31)/t16-,20+,25+/m1/s1. The second-order valence-corrected chi connectivity index (χ2v) is 10.8. The lowest BCUT2D eigenvalue weighted by molar-refractivity contribution is 0.0920. The third kappa shape index (κ3) is 3.59. The number of fused-ring (bicyclic) bond motifs is 2. The summed E-state index contributed by atoms with van der Waals surface area (Å²) in [6.07, 6.45) is 1.73. The van der Waals surface area contributed by atoms with Crippen molar-refractivity contribution >= 4 is 38.8 Å². The van der Waals surface area contributed by atoms with Gasteiger partial charge in [0.15, 0.2) is 0 Å². The first kappa shape index (κ1) is 21.6. The molecule has 0 saturated carbocycles. The summed E-state index contributed by atoms with van der Waals surface area (Å²) < 4.78 is 11.7. The summed E-state index contributed by atoms with van der Waals surface area (Å²) in [7, 11) is 0. The number of nitrogens with zero attached hydrogens (tertiary/aromatic N) is 2. The minimum atomic E-state index is -0.179. The number of pyridine rings is 1. The Morgan fingerprint density at radius 3 is 3.03 bits per heavy atom. The van der Waals surface area contributed by atoms with E-state index in [1.54, 1.807) is 0 Å². The van der Waals surface area contributed by atoms with E-state index in [1.165, 1.54) is 11.3 Å². The highest BCUT2D eigenvalue weighted by molar-refractivity contribution is 7.21. The highest BCUT2D eigenvalue weighted by Crippen LogP contribution is 2.41. The van der Waals surface area contributed by atoms with Gasteiger partial charge in [-0.3, -0.25) is 4.79 Å². The molecule has 3 aromatic rings. The molecular weight excluding hydrogens is 450 g/mol. The molecule has 0 unspecified atom stereocenters. The quantitative estimate of drug-likeness (QED) is 0.529. The van der Waals surface area contributed by atoms with Gasteiger partial charge in [-0.2, -0.15) is 0 Å². The molecule has 2 saturated heterocycles. The number of carbonyl (C=O) groups is 1. The summed E-state index contributed by atoms with van der Waals surface area (Å²) in [6.45, 7) is 5.62. The molecule has 0 bridgehead atoms. The first-order valence-electron chi connectivity index (χ1n) is 11.7. The van der Waals surface area contributed by atoms with Crippen LogP contribution >= 0.6 is 11.3 Å². The number of benzene rings is 1. The Balaban J connectivity index is 1.15. The Morgan fingerprint density at radius 1 is 1.32 bits per heavy atom. The number of nitrogens with two attached hydrogens (primary N) is 2. The van der Waals surface area contributed by atoms with E-state index < -0.39 is 0 Å². The Hall–Kier alpha value is -2.88. The summed E-state index contributed by atoms with van der Waals surface area (Å²) in [6, 6.07) is 10.2. The SMILES string of the molecule is Cc1ccc2c(N)c(C(=O)N[C@H]3COc4cc(N5C[C@H](N)[C@@]6(CCOC6)C5)ccc4C3)sc2n1. The van der Waals surface area contributed by atoms with Crippen LogP contribution in [0, 0.1) is 12.3 Å². The number of anilines is 2. The molecule has 2 fully saturated rings. The van der Waals surface area contributed by atoms with Gasteiger partial charge in [0.05, 0.1) is 18.3 Å². The number of nitrogen functional groups attached to an aromatic ring is 1. The number of aromatic nitrogens is 1. The smallest absolute Gasteiger partial charge is 0.263 e. The van der Waals surface area contributed by atoms with Crippen molar-refractivity contribution in [3.05, 3.63) is 46.5 Å². The number of thiophene rings is 1. The largest absolute Gasteiger partial charge is 0.491 e. The topological polar surface area (TPSA) is 116 Å². The van der Waals surface area contributed by atoms with Crippen molar-refractivity contribution in [1.82, 2.24) is 10.3 Å². The van der Waals surface area contributed by atoms with Gasteiger partial charge in [-0.1, -0.05) is 6.07 Å². The molecule has 5 N–H and O–H groups in total. The fourth-order valence-corrected chi connectivity index (χ4v) is 6.43. The maximum Gasteiger partial charge on any atom is 0.263 e. The summed E-state index contributed by atoms with van der Waals surface area (Å²) in [4.78, 5) is 21.1. The summed E-state index contributed by atoms with van der Waals surface area (Å²) >= 11 is 1.33. The van der Waals surface area contributed by atoms with E-state index in [2.05, 4.69) is 33.4 Å². The summed E-state index contributed by atoms with van der Waals surface area (Å²) in [5, 5.41) is 3.92. The van der Waals surface area contributed by atoms with Crippen molar-refractivity contribution in [1.29, 1.82) is 0 Å². The highest BCUT2D eigenvalue weighted by atomic mass is 32.1. The molecule has 34 heavy (non-hydrogen) atoms. The molecule has 178 valence electrons. The van der Waals surface area contributed by atoms with Gasteiger partial charge in [0.1, 0.15) is 22.1 Å². The molecule has 1 aromatic carbocycles. The number of aryl methyl sites for hydroxylation is 1. The van der Waals surface area contributed by atoms with Gasteiger partial charge in [-0.15, -0.1) is 11.3 Å². The van der Waals surface area contributed by atoms with Crippen LogP contribution in [0.1, 0.15) is 27.3 Å². The van der Waals surface area contributed by atoms with E-state index >= 15 is 0 Å². The van der Waals surface area contributed by atoms with Crippen LogP contribution < -0.4 is 26.4 Å². The van der Waals surface area contributed by atoms with Crippen molar-refractivity contribution in [2.45, 2.75) is 31.8 Å². The van der Waals surface area contributed by atoms with E-state index in [-0.39, 0.29) is 23.4 Å². The number of rotatable bonds is 3. The van der Waals surface area contributed by atoms with E-state index in [9.17, 15) is 4.79 Å². The van der Waals surface area contributed by atoms with Gasteiger partial charge in [-0.25, -0.2) is 4.98 Å². The molecule has 3 aliphatic rings. The third-order valence-corrected chi connectivity index (χ3v) is 8.55. The maximum absolute atomic E-state index is 13.0. The van der Waals surface area contributed by atoms with Crippen LogP contribution in [0.4, 0.5) is 11.4 Å². The Kier molecular flexibility index (Phi) is 5.16. The number of hydrogen-bond acceptors (Lipinski definition) is 8. The van der Waals surface area contributed by atoms with Crippen LogP contribution in [0.5, 0.6) is 5.75 Å². The maximum atomic E-state index is 13.0. The fraction of sp³-hybridized carbons (Fsp3) is 0.440. The molecule has 3 atom stereocenters. The van der Waals surface area contributed by atoms with Crippen LogP contribution in [0.3, 0.4) is 0 Å². The Bertz CT molecular complexity index is 1270. The molecule has 9 heteroatoms. The number of carbonyl (C=O) groups excluding carboxylic acids is 1. The van der Waals surface area contributed by atoms with Crippen LogP contribution in [-0.4, -0.2) is 55.9 Å². The van der Waals surface area contributed by atoms with E-state index in [4.69, 9.17) is 20.9 Å². The van der Waals surface area contributed by atoms with Crippen LogP contribution in [0.25, 0.3) is 10.2 Å². The molecule has 6 rings (SSSR count). The average molecular weight is 480 g/mol. The summed E-state index contributed by atoms with van der Waals surface area (Å²) in [5.74, 6) is 0.697. The third-order valence-electron chi connectivity index (χ3n) is 7.44. The normalized spacial score (nSPS) is 26.1. The number of ether oxygens (including phenoxy) is 2. The molecule has 3 aliphatic heterocycles. The minimum Gasteiger partial charge on any atom is -0.491 e. The number of amides is 1. The minimum absolute atomic E-state index is 0.0643. The zero-order chi connectivity index (χ0) is 23.4. The Labute approximate surface area is 202 Å². The highest BCUT2D eigenvalue weighted by Gasteiger charge is 2.47. The van der Waals surface area contributed by atoms with Gasteiger partial charge >= 0.3 is 0 Å². The second-order valence-electron chi connectivity index (χ2n) is 9.78. The zero-order valence-electron chi connectivity index (χ0n) is 19.2. The van der Waals surface area contributed by atoms with Crippen LogP contribution in [0.15, 0.2) is 30.3 Å². The van der Waals surface area contributed by atoms with E-state index in [0.29, 0.717) is 23.6 Å². The lowest BCUT2D eigenvalue weighted by Gasteiger charge is -2.28. The van der Waals surface area contributed by atoms with Gasteiger partial charge < -0.3 is 31.2 Å². The predicted molar refractivity (Wildman–Crippen MR) is 134 cm³/mol. The lowest BCUT2D eigenvalue weighted by atomic mass is 9.83.